The number of anilines is 1. The topological polar surface area (TPSA) is 67.2 Å². The van der Waals surface area contributed by atoms with Gasteiger partial charge in [-0.25, -0.2) is 4.39 Å². The first-order valence-electron chi connectivity index (χ1n) is 6.18. The van der Waals surface area contributed by atoms with Crippen LogP contribution in [-0.4, -0.2) is 24.1 Å². The van der Waals surface area contributed by atoms with E-state index in [1.807, 2.05) is 0 Å². The lowest BCUT2D eigenvalue weighted by molar-refractivity contribution is -0.384. The maximum atomic E-state index is 13.2. The maximum absolute atomic E-state index is 13.2. The molecule has 0 bridgehead atoms. The SMILES string of the molecule is O=[N+]([O-])c1cc(F)c(Cl)cc1NCC[C@H]1CCCN1. The second-order valence-electron chi connectivity index (χ2n) is 4.55. The maximum Gasteiger partial charge on any atom is 0.295 e. The number of hydrogen-bond donors (Lipinski definition) is 2. The molecule has 104 valence electrons. The van der Waals surface area contributed by atoms with E-state index in [0.717, 1.165) is 31.9 Å². The minimum Gasteiger partial charge on any atom is -0.379 e. The molecule has 19 heavy (non-hydrogen) atoms. The zero-order valence-electron chi connectivity index (χ0n) is 10.3. The summed E-state index contributed by atoms with van der Waals surface area (Å²) in [5.74, 6) is -0.781. The van der Waals surface area contributed by atoms with E-state index in [4.69, 9.17) is 11.6 Å². The molecule has 1 fully saturated rings. The molecule has 7 heteroatoms. The Hall–Kier alpha value is -1.40. The van der Waals surface area contributed by atoms with Gasteiger partial charge in [0.1, 0.15) is 11.5 Å². The normalized spacial score (nSPS) is 18.5. The zero-order valence-corrected chi connectivity index (χ0v) is 11.0. The second kappa shape index (κ2) is 6.16. The number of nitrogens with one attached hydrogen (secondary N) is 2. The Kier molecular flexibility index (Phi) is 4.55. The summed E-state index contributed by atoms with van der Waals surface area (Å²) in [6, 6.07) is 2.55. The number of nitro benzene ring substituents is 1. The van der Waals surface area contributed by atoms with Crippen molar-refractivity contribution in [3.8, 4) is 0 Å². The highest BCUT2D eigenvalue weighted by Gasteiger charge is 2.18. The van der Waals surface area contributed by atoms with E-state index in [-0.39, 0.29) is 16.4 Å². The summed E-state index contributed by atoms with van der Waals surface area (Å²) in [6.45, 7) is 1.60. The largest absolute Gasteiger partial charge is 0.379 e. The Bertz CT molecular complexity index is 478. The lowest BCUT2D eigenvalue weighted by Gasteiger charge is -2.12. The molecule has 0 amide bonds. The smallest absolute Gasteiger partial charge is 0.295 e. The molecule has 5 nitrogen and oxygen atoms in total. The Balaban J connectivity index is 2.01. The summed E-state index contributed by atoms with van der Waals surface area (Å²) >= 11 is 5.65. The predicted molar refractivity (Wildman–Crippen MR) is 72.2 cm³/mol. The molecule has 0 radical (unpaired) electrons. The number of hydrogen-bond acceptors (Lipinski definition) is 4. The van der Waals surface area contributed by atoms with Crippen molar-refractivity contribution in [1.29, 1.82) is 0 Å². The van der Waals surface area contributed by atoms with Gasteiger partial charge < -0.3 is 10.6 Å². The quantitative estimate of drug-likeness (QED) is 0.645. The minimum atomic E-state index is -0.781. The first-order valence-corrected chi connectivity index (χ1v) is 6.56. The average Bonchev–Trinajstić information content (AvgIpc) is 2.86. The van der Waals surface area contributed by atoms with Gasteiger partial charge in [0.05, 0.1) is 16.0 Å². The molecule has 2 rings (SSSR count). The van der Waals surface area contributed by atoms with Gasteiger partial charge in [-0.2, -0.15) is 0 Å². The highest BCUT2D eigenvalue weighted by atomic mass is 35.5. The van der Waals surface area contributed by atoms with Gasteiger partial charge in [-0.05, 0) is 31.9 Å². The van der Waals surface area contributed by atoms with Crippen LogP contribution in [0.25, 0.3) is 0 Å². The van der Waals surface area contributed by atoms with Gasteiger partial charge in [0.15, 0.2) is 0 Å². The molecule has 2 N–H and O–H groups in total. The molecule has 1 heterocycles. The van der Waals surface area contributed by atoms with E-state index in [9.17, 15) is 14.5 Å². The van der Waals surface area contributed by atoms with Crippen molar-refractivity contribution >= 4 is 23.0 Å². The molecule has 1 atom stereocenters. The van der Waals surface area contributed by atoms with E-state index in [0.29, 0.717) is 12.6 Å². The molecule has 0 aromatic heterocycles. The van der Waals surface area contributed by atoms with Gasteiger partial charge in [-0.3, -0.25) is 10.1 Å². The van der Waals surface area contributed by atoms with Crippen molar-refractivity contribution in [2.75, 3.05) is 18.4 Å². The minimum absolute atomic E-state index is 0.118. The fourth-order valence-corrected chi connectivity index (χ4v) is 2.38. The van der Waals surface area contributed by atoms with Crippen LogP contribution in [0, 0.1) is 15.9 Å². The zero-order chi connectivity index (χ0) is 13.8. The summed E-state index contributed by atoms with van der Waals surface area (Å²) in [4.78, 5) is 10.2. The molecule has 1 saturated heterocycles. The van der Waals surface area contributed by atoms with Crippen LogP contribution < -0.4 is 10.6 Å². The van der Waals surface area contributed by atoms with Crippen LogP contribution >= 0.6 is 11.6 Å². The summed E-state index contributed by atoms with van der Waals surface area (Å²) in [7, 11) is 0. The first kappa shape index (κ1) is 14.0. The van der Waals surface area contributed by atoms with Gasteiger partial charge in [0.25, 0.3) is 5.69 Å². The standard InChI is InChI=1S/C12H15ClFN3O2/c13-9-6-11(12(17(18)19)7-10(9)14)16-5-3-8-2-1-4-15-8/h6-8,15-16H,1-5H2/t8-/m1/s1. The Morgan fingerprint density at radius 1 is 1.58 bits per heavy atom. The molecule has 1 aromatic carbocycles. The Labute approximate surface area is 115 Å². The second-order valence-corrected chi connectivity index (χ2v) is 4.96. The molecule has 0 saturated carbocycles. The van der Waals surface area contributed by atoms with Crippen LogP contribution in [0.15, 0.2) is 12.1 Å². The van der Waals surface area contributed by atoms with Gasteiger partial charge >= 0.3 is 0 Å². The van der Waals surface area contributed by atoms with Crippen LogP contribution in [0.1, 0.15) is 19.3 Å². The van der Waals surface area contributed by atoms with Crippen molar-refractivity contribution in [3.63, 3.8) is 0 Å². The lowest BCUT2D eigenvalue weighted by Crippen LogP contribution is -2.24. The molecule has 1 aliphatic rings. The first-order chi connectivity index (χ1) is 9.08. The molecular weight excluding hydrogens is 273 g/mol. The van der Waals surface area contributed by atoms with E-state index in [1.54, 1.807) is 0 Å². The van der Waals surface area contributed by atoms with Crippen molar-refractivity contribution in [2.24, 2.45) is 0 Å². The van der Waals surface area contributed by atoms with Crippen LogP contribution in [0.3, 0.4) is 0 Å². The monoisotopic (exact) mass is 287 g/mol. The van der Waals surface area contributed by atoms with E-state index < -0.39 is 10.7 Å². The van der Waals surface area contributed by atoms with Crippen LogP contribution in [-0.2, 0) is 0 Å². The van der Waals surface area contributed by atoms with Crippen molar-refractivity contribution < 1.29 is 9.31 Å². The fraction of sp³-hybridized carbons (Fsp3) is 0.500. The van der Waals surface area contributed by atoms with Gasteiger partial charge in [-0.15, -0.1) is 0 Å². The molecule has 0 unspecified atom stereocenters. The van der Waals surface area contributed by atoms with Crippen LogP contribution in [0.4, 0.5) is 15.8 Å². The lowest BCUT2D eigenvalue weighted by atomic mass is 10.1. The van der Waals surface area contributed by atoms with E-state index >= 15 is 0 Å². The number of benzene rings is 1. The third kappa shape index (κ3) is 3.54. The highest BCUT2D eigenvalue weighted by Crippen LogP contribution is 2.30. The van der Waals surface area contributed by atoms with Crippen LogP contribution in [0.2, 0.25) is 5.02 Å². The summed E-state index contributed by atoms with van der Waals surface area (Å²) in [6.07, 6.45) is 3.15. The molecule has 1 aromatic rings. The van der Waals surface area contributed by atoms with Gasteiger partial charge in [-0.1, -0.05) is 11.6 Å². The Morgan fingerprint density at radius 3 is 3.00 bits per heavy atom. The predicted octanol–water partition coefficient (Wildman–Crippen LogP) is 2.94. The third-order valence-corrected chi connectivity index (χ3v) is 3.50. The van der Waals surface area contributed by atoms with E-state index in [2.05, 4.69) is 10.6 Å². The summed E-state index contributed by atoms with van der Waals surface area (Å²) < 4.78 is 13.2. The highest BCUT2D eigenvalue weighted by molar-refractivity contribution is 6.31. The number of halogens is 2. The molecule has 0 spiro atoms. The summed E-state index contributed by atoms with van der Waals surface area (Å²) in [5.41, 5.74) is -0.0318. The van der Waals surface area contributed by atoms with Crippen molar-refractivity contribution in [1.82, 2.24) is 5.32 Å². The van der Waals surface area contributed by atoms with Crippen molar-refractivity contribution in [2.45, 2.75) is 25.3 Å². The number of nitro groups is 1. The third-order valence-electron chi connectivity index (χ3n) is 3.21. The summed E-state index contributed by atoms with van der Waals surface area (Å²) in [5, 5.41) is 17.0. The van der Waals surface area contributed by atoms with Crippen molar-refractivity contribution in [3.05, 3.63) is 33.1 Å². The Morgan fingerprint density at radius 2 is 2.37 bits per heavy atom. The number of rotatable bonds is 5. The van der Waals surface area contributed by atoms with Crippen LogP contribution in [0.5, 0.6) is 0 Å². The van der Waals surface area contributed by atoms with Gasteiger partial charge in [0, 0.05) is 12.6 Å². The van der Waals surface area contributed by atoms with E-state index in [1.165, 1.54) is 6.07 Å². The average molecular weight is 288 g/mol. The fourth-order valence-electron chi connectivity index (χ4n) is 2.21. The number of nitrogens with zero attached hydrogens (tertiary/aromatic N) is 1. The molecule has 1 aliphatic heterocycles. The van der Waals surface area contributed by atoms with Gasteiger partial charge in [0.2, 0.25) is 0 Å². The molecule has 0 aliphatic carbocycles. The molecular formula is C12H15ClFN3O2.